The summed E-state index contributed by atoms with van der Waals surface area (Å²) >= 11 is 0. The molecule has 0 bridgehead atoms. The molecule has 184 valence electrons. The van der Waals surface area contributed by atoms with Gasteiger partial charge in [-0.05, 0) is 63.4 Å². The van der Waals surface area contributed by atoms with Gasteiger partial charge >= 0.3 is 0 Å². The Morgan fingerprint density at radius 2 is 1.80 bits per heavy atom. The number of carbonyl (C=O) groups is 1. The quantitative estimate of drug-likeness (QED) is 0.567. The molecule has 0 aliphatic carbocycles. The van der Waals surface area contributed by atoms with Crippen LogP contribution in [-0.2, 0) is 11.3 Å². The van der Waals surface area contributed by atoms with Gasteiger partial charge in [-0.25, -0.2) is 9.97 Å². The molecule has 35 heavy (non-hydrogen) atoms. The van der Waals surface area contributed by atoms with E-state index in [1.807, 2.05) is 29.2 Å². The molecule has 1 amide bonds. The molecule has 2 saturated heterocycles. The first kappa shape index (κ1) is 23.5. The average Bonchev–Trinajstić information content (AvgIpc) is 3.40. The molecule has 0 saturated carbocycles. The first-order chi connectivity index (χ1) is 17.1. The van der Waals surface area contributed by atoms with Crippen molar-refractivity contribution in [1.82, 2.24) is 24.8 Å². The Kier molecular flexibility index (Phi) is 7.08. The van der Waals surface area contributed by atoms with Crippen molar-refractivity contribution < 1.29 is 4.79 Å². The number of nitrogens with one attached hydrogen (secondary N) is 1. The highest BCUT2D eigenvalue weighted by molar-refractivity contribution is 5.79. The van der Waals surface area contributed by atoms with Gasteiger partial charge in [0, 0.05) is 38.3 Å². The Labute approximate surface area is 206 Å². The minimum Gasteiger partial charge on any atom is -0.355 e. The topological polar surface area (TPSA) is 83.4 Å². The van der Waals surface area contributed by atoms with E-state index in [9.17, 15) is 9.59 Å². The maximum atomic E-state index is 13.6. The Morgan fingerprint density at radius 1 is 1.06 bits per heavy atom. The van der Waals surface area contributed by atoms with E-state index in [2.05, 4.69) is 34.3 Å². The molecule has 5 rings (SSSR count). The summed E-state index contributed by atoms with van der Waals surface area (Å²) in [6.07, 6.45) is 5.66. The highest BCUT2D eigenvalue weighted by Crippen LogP contribution is 2.22. The van der Waals surface area contributed by atoms with E-state index in [4.69, 9.17) is 4.98 Å². The van der Waals surface area contributed by atoms with Crippen molar-refractivity contribution >= 4 is 22.9 Å². The van der Waals surface area contributed by atoms with Crippen molar-refractivity contribution in [2.45, 2.75) is 39.2 Å². The molecule has 2 aliphatic rings. The number of piperidine rings is 1. The molecule has 0 atom stereocenters. The number of nitrogens with zero attached hydrogens (tertiary/aromatic N) is 5. The van der Waals surface area contributed by atoms with Crippen molar-refractivity contribution in [2.75, 3.05) is 44.2 Å². The molecule has 1 aromatic carbocycles. The molecular weight excluding hydrogens is 440 g/mol. The summed E-state index contributed by atoms with van der Waals surface area (Å²) in [5.41, 5.74) is 3.39. The zero-order valence-electron chi connectivity index (χ0n) is 20.4. The van der Waals surface area contributed by atoms with Crippen LogP contribution in [0.25, 0.3) is 11.2 Å². The van der Waals surface area contributed by atoms with E-state index in [1.165, 1.54) is 18.4 Å². The molecular formula is C27H34N6O2. The second-order valence-corrected chi connectivity index (χ2v) is 9.76. The lowest BCUT2D eigenvalue weighted by Gasteiger charge is -2.32. The molecule has 0 unspecified atom stereocenters. The SMILES string of the molecule is Cc1ccc(Cn2c(=O)c(N3CCC(C(=O)NCCN4CCCC4)CC3)nc3cccnc32)cc1. The van der Waals surface area contributed by atoms with Crippen LogP contribution < -0.4 is 15.8 Å². The second kappa shape index (κ2) is 10.6. The van der Waals surface area contributed by atoms with Crippen molar-refractivity contribution in [3.63, 3.8) is 0 Å². The van der Waals surface area contributed by atoms with E-state index >= 15 is 0 Å². The smallest absolute Gasteiger partial charge is 0.295 e. The maximum absolute atomic E-state index is 13.6. The number of benzene rings is 1. The summed E-state index contributed by atoms with van der Waals surface area (Å²) in [5, 5.41) is 3.12. The van der Waals surface area contributed by atoms with Crippen molar-refractivity contribution in [3.8, 4) is 0 Å². The van der Waals surface area contributed by atoms with Crippen LogP contribution in [0.15, 0.2) is 47.4 Å². The summed E-state index contributed by atoms with van der Waals surface area (Å²) in [5.74, 6) is 0.573. The number of anilines is 1. The zero-order valence-corrected chi connectivity index (χ0v) is 20.4. The Bertz CT molecular complexity index is 1220. The summed E-state index contributed by atoms with van der Waals surface area (Å²) in [6, 6.07) is 11.9. The van der Waals surface area contributed by atoms with E-state index in [1.54, 1.807) is 10.8 Å². The van der Waals surface area contributed by atoms with Crippen molar-refractivity contribution in [1.29, 1.82) is 0 Å². The van der Waals surface area contributed by atoms with Crippen LogP contribution in [0.5, 0.6) is 0 Å². The Hall–Kier alpha value is -3.26. The standard InChI is InChI=1S/C27H34N6O2/c1-20-6-8-21(9-7-20)19-33-24-23(5-4-12-28-24)30-25(27(33)35)32-16-10-22(11-17-32)26(34)29-13-18-31-14-2-3-15-31/h4-9,12,22H,2-3,10-11,13-19H2,1H3,(H,29,34). The third-order valence-corrected chi connectivity index (χ3v) is 7.24. The lowest BCUT2D eigenvalue weighted by atomic mass is 9.96. The maximum Gasteiger partial charge on any atom is 0.295 e. The largest absolute Gasteiger partial charge is 0.355 e. The zero-order chi connectivity index (χ0) is 24.2. The second-order valence-electron chi connectivity index (χ2n) is 9.76. The van der Waals surface area contributed by atoms with Crippen LogP contribution >= 0.6 is 0 Å². The third-order valence-electron chi connectivity index (χ3n) is 7.24. The fourth-order valence-corrected chi connectivity index (χ4v) is 5.13. The summed E-state index contributed by atoms with van der Waals surface area (Å²) in [6.45, 7) is 7.70. The van der Waals surface area contributed by atoms with Gasteiger partial charge < -0.3 is 15.1 Å². The van der Waals surface area contributed by atoms with Gasteiger partial charge in [-0.1, -0.05) is 29.8 Å². The van der Waals surface area contributed by atoms with Crippen LogP contribution in [0.3, 0.4) is 0 Å². The fourth-order valence-electron chi connectivity index (χ4n) is 5.13. The molecule has 0 radical (unpaired) electrons. The molecule has 8 nitrogen and oxygen atoms in total. The highest BCUT2D eigenvalue weighted by atomic mass is 16.2. The number of rotatable bonds is 7. The van der Waals surface area contributed by atoms with Gasteiger partial charge in [-0.15, -0.1) is 0 Å². The first-order valence-electron chi connectivity index (χ1n) is 12.7. The minimum atomic E-state index is -0.134. The number of hydrogen-bond acceptors (Lipinski definition) is 6. The monoisotopic (exact) mass is 474 g/mol. The Morgan fingerprint density at radius 3 is 2.54 bits per heavy atom. The van der Waals surface area contributed by atoms with Crippen LogP contribution in [0.4, 0.5) is 5.82 Å². The summed E-state index contributed by atoms with van der Waals surface area (Å²) in [7, 11) is 0. The number of carbonyl (C=O) groups excluding carboxylic acids is 1. The third kappa shape index (κ3) is 5.37. The van der Waals surface area contributed by atoms with E-state index < -0.39 is 0 Å². The van der Waals surface area contributed by atoms with Gasteiger partial charge in [-0.2, -0.15) is 0 Å². The lowest BCUT2D eigenvalue weighted by Crippen LogP contribution is -2.44. The van der Waals surface area contributed by atoms with Gasteiger partial charge in [0.15, 0.2) is 11.5 Å². The average molecular weight is 475 g/mol. The van der Waals surface area contributed by atoms with Gasteiger partial charge in [-0.3, -0.25) is 14.2 Å². The predicted molar refractivity (Wildman–Crippen MR) is 138 cm³/mol. The van der Waals surface area contributed by atoms with E-state index in [0.29, 0.717) is 43.2 Å². The Balaban J connectivity index is 1.28. The minimum absolute atomic E-state index is 0.0123. The number of pyridine rings is 1. The number of likely N-dealkylation sites (tertiary alicyclic amines) is 1. The lowest BCUT2D eigenvalue weighted by molar-refractivity contribution is -0.125. The van der Waals surface area contributed by atoms with E-state index in [-0.39, 0.29) is 17.4 Å². The normalized spacial score (nSPS) is 17.2. The number of hydrogen-bond donors (Lipinski definition) is 1. The predicted octanol–water partition coefficient (Wildman–Crippen LogP) is 2.58. The van der Waals surface area contributed by atoms with Crippen molar-refractivity contribution in [3.05, 3.63) is 64.1 Å². The van der Waals surface area contributed by atoms with Crippen LogP contribution in [0, 0.1) is 12.8 Å². The molecule has 2 aliphatic heterocycles. The molecule has 8 heteroatoms. The molecule has 0 spiro atoms. The summed E-state index contributed by atoms with van der Waals surface area (Å²) < 4.78 is 1.72. The van der Waals surface area contributed by atoms with Gasteiger partial charge in [0.1, 0.15) is 5.52 Å². The number of fused-ring (bicyclic) bond motifs is 1. The molecule has 1 N–H and O–H groups in total. The molecule has 4 heterocycles. The summed E-state index contributed by atoms with van der Waals surface area (Å²) in [4.78, 5) is 39.9. The van der Waals surface area contributed by atoms with Crippen LogP contribution in [0.1, 0.15) is 36.8 Å². The van der Waals surface area contributed by atoms with Crippen LogP contribution in [-0.4, -0.2) is 64.6 Å². The van der Waals surface area contributed by atoms with Crippen molar-refractivity contribution in [2.24, 2.45) is 5.92 Å². The van der Waals surface area contributed by atoms with Crippen LogP contribution in [0.2, 0.25) is 0 Å². The molecule has 2 fully saturated rings. The number of amides is 1. The van der Waals surface area contributed by atoms with E-state index in [0.717, 1.165) is 38.0 Å². The first-order valence-corrected chi connectivity index (χ1v) is 12.7. The fraction of sp³-hybridized carbons (Fsp3) is 0.481. The van der Waals surface area contributed by atoms with Gasteiger partial charge in [0.05, 0.1) is 6.54 Å². The molecule has 3 aromatic rings. The highest BCUT2D eigenvalue weighted by Gasteiger charge is 2.28. The number of aromatic nitrogens is 3. The van der Waals surface area contributed by atoms with Gasteiger partial charge in [0.25, 0.3) is 5.56 Å². The molecule has 2 aromatic heterocycles. The number of aryl methyl sites for hydroxylation is 1. The van der Waals surface area contributed by atoms with Gasteiger partial charge in [0.2, 0.25) is 5.91 Å².